The van der Waals surface area contributed by atoms with Crippen LogP contribution in [-0.4, -0.2) is 50.0 Å². The first-order valence-electron chi connectivity index (χ1n) is 9.22. The van der Waals surface area contributed by atoms with Gasteiger partial charge in [0, 0.05) is 31.5 Å². The molecule has 0 atom stereocenters. The monoisotopic (exact) mass is 334 g/mol. The Kier molecular flexibility index (Phi) is 6.35. The lowest BCUT2D eigenvalue weighted by Gasteiger charge is -2.30. The highest BCUT2D eigenvalue weighted by Crippen LogP contribution is 2.27. The Morgan fingerprint density at radius 2 is 1.79 bits per heavy atom. The average Bonchev–Trinajstić information content (AvgIpc) is 2.58. The number of rotatable bonds is 6. The van der Waals surface area contributed by atoms with Gasteiger partial charge < -0.3 is 19.9 Å². The van der Waals surface area contributed by atoms with E-state index in [9.17, 15) is 0 Å². The number of ether oxygens (including phenoxy) is 3. The standard InChI is InChI=1S/C19H30N2O3/c1-2-23-18-11-15(14-21-7-3-16(20)4-8-21)12-19(13-18)24-17-5-9-22-10-6-17/h11-13,16-17H,2-10,14,20H2,1H3. The van der Waals surface area contributed by atoms with E-state index in [1.54, 1.807) is 0 Å². The second kappa shape index (κ2) is 8.70. The van der Waals surface area contributed by atoms with Crippen molar-refractivity contribution < 1.29 is 14.2 Å². The number of piperidine rings is 1. The van der Waals surface area contributed by atoms with Crippen LogP contribution in [0.4, 0.5) is 0 Å². The van der Waals surface area contributed by atoms with Crippen molar-refractivity contribution in [3.8, 4) is 11.5 Å². The largest absolute Gasteiger partial charge is 0.494 e. The van der Waals surface area contributed by atoms with Gasteiger partial charge in [0.1, 0.15) is 17.6 Å². The number of likely N-dealkylation sites (tertiary alicyclic amines) is 1. The Hall–Kier alpha value is -1.30. The van der Waals surface area contributed by atoms with Crippen molar-refractivity contribution in [2.45, 2.75) is 51.3 Å². The van der Waals surface area contributed by atoms with Crippen LogP contribution >= 0.6 is 0 Å². The molecule has 0 amide bonds. The Morgan fingerprint density at radius 3 is 2.50 bits per heavy atom. The zero-order valence-electron chi connectivity index (χ0n) is 14.7. The molecular formula is C19H30N2O3. The molecule has 0 radical (unpaired) electrons. The Balaban J connectivity index is 1.67. The zero-order chi connectivity index (χ0) is 16.8. The summed E-state index contributed by atoms with van der Waals surface area (Å²) in [4.78, 5) is 2.46. The molecule has 0 aliphatic carbocycles. The zero-order valence-corrected chi connectivity index (χ0v) is 14.7. The molecular weight excluding hydrogens is 304 g/mol. The molecule has 2 aliphatic heterocycles. The van der Waals surface area contributed by atoms with Crippen LogP contribution in [0.1, 0.15) is 38.2 Å². The first-order chi connectivity index (χ1) is 11.7. The summed E-state index contributed by atoms with van der Waals surface area (Å²) in [5.74, 6) is 1.81. The van der Waals surface area contributed by atoms with Gasteiger partial charge in [0.15, 0.2) is 0 Å². The molecule has 0 spiro atoms. The minimum absolute atomic E-state index is 0.247. The van der Waals surface area contributed by atoms with Crippen molar-refractivity contribution in [2.24, 2.45) is 5.73 Å². The number of nitrogens with two attached hydrogens (primary N) is 1. The third-order valence-electron chi connectivity index (χ3n) is 4.76. The first-order valence-corrected chi connectivity index (χ1v) is 9.22. The highest BCUT2D eigenvalue weighted by Gasteiger charge is 2.18. The van der Waals surface area contributed by atoms with Gasteiger partial charge in [0.2, 0.25) is 0 Å². The lowest BCUT2D eigenvalue weighted by molar-refractivity contribution is 0.0254. The summed E-state index contributed by atoms with van der Waals surface area (Å²) in [6.45, 7) is 7.31. The summed E-state index contributed by atoms with van der Waals surface area (Å²) in [7, 11) is 0. The van der Waals surface area contributed by atoms with Crippen molar-refractivity contribution in [3.63, 3.8) is 0 Å². The summed E-state index contributed by atoms with van der Waals surface area (Å²) >= 11 is 0. The Labute approximate surface area is 145 Å². The van der Waals surface area contributed by atoms with Crippen LogP contribution in [0.5, 0.6) is 11.5 Å². The summed E-state index contributed by atoms with van der Waals surface area (Å²) in [5, 5.41) is 0. The Morgan fingerprint density at radius 1 is 1.08 bits per heavy atom. The molecule has 0 bridgehead atoms. The van der Waals surface area contributed by atoms with Crippen molar-refractivity contribution in [1.82, 2.24) is 4.90 Å². The molecule has 134 valence electrons. The van der Waals surface area contributed by atoms with E-state index in [0.29, 0.717) is 12.6 Å². The number of benzene rings is 1. The quantitative estimate of drug-likeness (QED) is 0.866. The van der Waals surface area contributed by atoms with E-state index in [1.165, 1.54) is 5.56 Å². The SMILES string of the molecule is CCOc1cc(CN2CCC(N)CC2)cc(OC2CCOCC2)c1. The second-order valence-corrected chi connectivity index (χ2v) is 6.79. The lowest BCUT2D eigenvalue weighted by atomic mass is 10.1. The van der Waals surface area contributed by atoms with Crippen LogP contribution < -0.4 is 15.2 Å². The molecule has 3 rings (SSSR count). The fourth-order valence-corrected chi connectivity index (χ4v) is 3.40. The van der Waals surface area contributed by atoms with E-state index in [2.05, 4.69) is 17.0 Å². The number of hydrogen-bond acceptors (Lipinski definition) is 5. The Bertz CT molecular complexity index is 509. The molecule has 0 unspecified atom stereocenters. The molecule has 2 fully saturated rings. The maximum atomic E-state index is 6.19. The van der Waals surface area contributed by atoms with Gasteiger partial charge in [-0.3, -0.25) is 4.90 Å². The third kappa shape index (κ3) is 5.10. The fourth-order valence-electron chi connectivity index (χ4n) is 3.40. The van der Waals surface area contributed by atoms with Gasteiger partial charge in [0.25, 0.3) is 0 Å². The van der Waals surface area contributed by atoms with E-state index >= 15 is 0 Å². The molecule has 5 nitrogen and oxygen atoms in total. The molecule has 2 saturated heterocycles. The summed E-state index contributed by atoms with van der Waals surface area (Å²) < 4.78 is 17.3. The van der Waals surface area contributed by atoms with E-state index in [-0.39, 0.29) is 6.10 Å². The van der Waals surface area contributed by atoms with Gasteiger partial charge in [-0.05, 0) is 50.6 Å². The topological polar surface area (TPSA) is 57.0 Å². The highest BCUT2D eigenvalue weighted by molar-refractivity contribution is 5.38. The average molecular weight is 334 g/mol. The molecule has 2 heterocycles. The normalized spacial score (nSPS) is 20.9. The van der Waals surface area contributed by atoms with Crippen molar-refractivity contribution in [3.05, 3.63) is 23.8 Å². The smallest absolute Gasteiger partial charge is 0.123 e. The van der Waals surface area contributed by atoms with Crippen LogP contribution in [0.15, 0.2) is 18.2 Å². The van der Waals surface area contributed by atoms with Gasteiger partial charge in [0.05, 0.1) is 19.8 Å². The van der Waals surface area contributed by atoms with E-state index in [4.69, 9.17) is 19.9 Å². The van der Waals surface area contributed by atoms with Crippen molar-refractivity contribution in [1.29, 1.82) is 0 Å². The number of hydrogen-bond donors (Lipinski definition) is 1. The van der Waals surface area contributed by atoms with Crippen LogP contribution in [0.2, 0.25) is 0 Å². The minimum Gasteiger partial charge on any atom is -0.494 e. The number of nitrogens with zero attached hydrogens (tertiary/aromatic N) is 1. The molecule has 1 aromatic carbocycles. The molecule has 2 aliphatic rings. The second-order valence-electron chi connectivity index (χ2n) is 6.79. The molecule has 5 heteroatoms. The predicted molar refractivity (Wildman–Crippen MR) is 94.6 cm³/mol. The van der Waals surface area contributed by atoms with Crippen LogP contribution in [0.25, 0.3) is 0 Å². The molecule has 24 heavy (non-hydrogen) atoms. The van der Waals surface area contributed by atoms with E-state index < -0.39 is 0 Å². The molecule has 2 N–H and O–H groups in total. The van der Waals surface area contributed by atoms with Gasteiger partial charge in [-0.15, -0.1) is 0 Å². The van der Waals surface area contributed by atoms with Crippen LogP contribution in [0.3, 0.4) is 0 Å². The lowest BCUT2D eigenvalue weighted by Crippen LogP contribution is -2.39. The summed E-state index contributed by atoms with van der Waals surface area (Å²) in [6, 6.07) is 6.67. The maximum Gasteiger partial charge on any atom is 0.123 e. The molecule has 0 aromatic heterocycles. The highest BCUT2D eigenvalue weighted by atomic mass is 16.5. The predicted octanol–water partition coefficient (Wildman–Crippen LogP) is 2.57. The van der Waals surface area contributed by atoms with Crippen LogP contribution in [0, 0.1) is 0 Å². The van der Waals surface area contributed by atoms with Gasteiger partial charge in [-0.25, -0.2) is 0 Å². The summed E-state index contributed by atoms with van der Waals surface area (Å²) in [5.41, 5.74) is 7.25. The van der Waals surface area contributed by atoms with Crippen molar-refractivity contribution >= 4 is 0 Å². The first kappa shape index (κ1) is 17.5. The maximum absolute atomic E-state index is 6.19. The third-order valence-corrected chi connectivity index (χ3v) is 4.76. The summed E-state index contributed by atoms with van der Waals surface area (Å²) in [6.07, 6.45) is 4.32. The van der Waals surface area contributed by atoms with Gasteiger partial charge in [-0.2, -0.15) is 0 Å². The van der Waals surface area contributed by atoms with E-state index in [0.717, 1.165) is 70.0 Å². The molecule has 0 saturated carbocycles. The fraction of sp³-hybridized carbons (Fsp3) is 0.684. The van der Waals surface area contributed by atoms with Gasteiger partial charge >= 0.3 is 0 Å². The van der Waals surface area contributed by atoms with Crippen molar-refractivity contribution in [2.75, 3.05) is 32.9 Å². The minimum atomic E-state index is 0.247. The van der Waals surface area contributed by atoms with E-state index in [1.807, 2.05) is 13.0 Å². The van der Waals surface area contributed by atoms with Crippen LogP contribution in [-0.2, 0) is 11.3 Å². The van der Waals surface area contributed by atoms with Gasteiger partial charge in [-0.1, -0.05) is 0 Å². The molecule has 1 aromatic rings.